The normalized spacial score (nSPS) is 15.1. The molecule has 1 aliphatic rings. The number of sulfonamides is 1. The Morgan fingerprint density at radius 3 is 2.50 bits per heavy atom. The van der Waals surface area contributed by atoms with E-state index in [2.05, 4.69) is 43.2 Å². The van der Waals surface area contributed by atoms with Gasteiger partial charge in [-0.05, 0) is 68.5 Å². The number of aromatic nitrogens is 1. The molecule has 1 aromatic heterocycles. The molecule has 0 radical (unpaired) electrons. The van der Waals surface area contributed by atoms with Crippen LogP contribution in [-0.2, 0) is 14.8 Å². The molecule has 0 spiro atoms. The van der Waals surface area contributed by atoms with Crippen molar-refractivity contribution in [3.8, 4) is 17.3 Å². The number of carbonyl (C=O) groups excluding carboxylic acids is 1. The van der Waals surface area contributed by atoms with Crippen LogP contribution in [-0.4, -0.2) is 36.7 Å². The first-order valence-corrected chi connectivity index (χ1v) is 13.4. The van der Waals surface area contributed by atoms with Gasteiger partial charge in [0.05, 0.1) is 16.2 Å². The van der Waals surface area contributed by atoms with Crippen LogP contribution in [0.25, 0.3) is 11.3 Å². The van der Waals surface area contributed by atoms with Crippen LogP contribution in [0, 0.1) is 38.0 Å². The standard InChI is InChI=1S/C25H26N4O3S2/c1-16-12-18(3)21(13-17(16)2)22-15-33-25(27-22)28-24(30)19-8-10-29(11-9-19)34(31,32)23-7-5-4-6-20(23)14-26/h4-7,12-13,15,19H,8-11H2,1-3H3,(H,27,28,30). The predicted octanol–water partition coefficient (Wildman–Crippen LogP) is 4.65. The molecule has 0 unspecified atom stereocenters. The van der Waals surface area contributed by atoms with Gasteiger partial charge in [0, 0.05) is 30.0 Å². The summed E-state index contributed by atoms with van der Waals surface area (Å²) in [7, 11) is -3.78. The van der Waals surface area contributed by atoms with Crippen molar-refractivity contribution < 1.29 is 13.2 Å². The predicted molar refractivity (Wildman–Crippen MR) is 133 cm³/mol. The Hall–Kier alpha value is -3.06. The van der Waals surface area contributed by atoms with Gasteiger partial charge in [0.25, 0.3) is 0 Å². The maximum absolute atomic E-state index is 13.0. The van der Waals surface area contributed by atoms with Crippen molar-refractivity contribution in [3.05, 3.63) is 64.0 Å². The molecule has 34 heavy (non-hydrogen) atoms. The highest BCUT2D eigenvalue weighted by Gasteiger charge is 2.33. The first-order chi connectivity index (χ1) is 16.2. The molecule has 2 aromatic carbocycles. The summed E-state index contributed by atoms with van der Waals surface area (Å²) in [4.78, 5) is 17.5. The molecular formula is C25H26N4O3S2. The number of nitrogens with zero attached hydrogens (tertiary/aromatic N) is 3. The lowest BCUT2D eigenvalue weighted by Crippen LogP contribution is -2.41. The molecule has 3 aromatic rings. The minimum absolute atomic E-state index is 0.0114. The number of carbonyl (C=O) groups is 1. The van der Waals surface area contributed by atoms with Gasteiger partial charge in [-0.2, -0.15) is 9.57 Å². The number of anilines is 1. The smallest absolute Gasteiger partial charge is 0.244 e. The molecule has 176 valence electrons. The van der Waals surface area contributed by atoms with Crippen LogP contribution in [0.15, 0.2) is 46.7 Å². The lowest BCUT2D eigenvalue weighted by molar-refractivity contribution is -0.120. The molecule has 2 heterocycles. The number of amides is 1. The van der Waals surface area contributed by atoms with Crippen LogP contribution in [0.3, 0.4) is 0 Å². The summed E-state index contributed by atoms with van der Waals surface area (Å²) < 4.78 is 27.4. The second-order valence-corrected chi connectivity index (χ2v) is 11.3. The number of rotatable bonds is 5. The van der Waals surface area contributed by atoms with Crippen LogP contribution in [0.4, 0.5) is 5.13 Å². The van der Waals surface area contributed by atoms with Crippen molar-refractivity contribution in [1.29, 1.82) is 5.26 Å². The Bertz CT molecular complexity index is 1380. The molecule has 9 heteroatoms. The summed E-state index contributed by atoms with van der Waals surface area (Å²) in [6.07, 6.45) is 0.822. The van der Waals surface area contributed by atoms with E-state index in [0.29, 0.717) is 18.0 Å². The first-order valence-electron chi connectivity index (χ1n) is 11.0. The fraction of sp³-hybridized carbons (Fsp3) is 0.320. The van der Waals surface area contributed by atoms with Crippen molar-refractivity contribution in [2.45, 2.75) is 38.5 Å². The molecule has 0 saturated carbocycles. The second-order valence-electron chi connectivity index (χ2n) is 8.56. The Morgan fingerprint density at radius 1 is 1.12 bits per heavy atom. The van der Waals surface area contributed by atoms with Crippen molar-refractivity contribution in [3.63, 3.8) is 0 Å². The molecule has 1 saturated heterocycles. The van der Waals surface area contributed by atoms with Gasteiger partial charge in [-0.1, -0.05) is 18.2 Å². The van der Waals surface area contributed by atoms with Gasteiger partial charge in [-0.3, -0.25) is 4.79 Å². The number of benzene rings is 2. The van der Waals surface area contributed by atoms with E-state index in [-0.39, 0.29) is 35.4 Å². The SMILES string of the molecule is Cc1cc(C)c(-c2csc(NC(=O)C3CCN(S(=O)(=O)c4ccccc4C#N)CC3)n2)cc1C. The van der Waals surface area contributed by atoms with Crippen molar-refractivity contribution in [1.82, 2.24) is 9.29 Å². The summed E-state index contributed by atoms with van der Waals surface area (Å²) in [5.74, 6) is -0.444. The van der Waals surface area contributed by atoms with Gasteiger partial charge in [0.15, 0.2) is 5.13 Å². The number of nitriles is 1. The van der Waals surface area contributed by atoms with Crippen LogP contribution >= 0.6 is 11.3 Å². The summed E-state index contributed by atoms with van der Waals surface area (Å²) >= 11 is 1.38. The monoisotopic (exact) mass is 494 g/mol. The maximum Gasteiger partial charge on any atom is 0.244 e. The molecular weight excluding hydrogens is 468 g/mol. The number of piperidine rings is 1. The van der Waals surface area contributed by atoms with Crippen molar-refractivity contribution in [2.24, 2.45) is 5.92 Å². The van der Waals surface area contributed by atoms with E-state index in [0.717, 1.165) is 16.8 Å². The van der Waals surface area contributed by atoms with Gasteiger partial charge in [0.1, 0.15) is 6.07 Å². The maximum atomic E-state index is 13.0. The molecule has 4 rings (SSSR count). The molecule has 0 aliphatic carbocycles. The van der Waals surface area contributed by atoms with E-state index in [9.17, 15) is 18.5 Å². The zero-order valence-corrected chi connectivity index (χ0v) is 21.0. The van der Waals surface area contributed by atoms with Gasteiger partial charge in [-0.15, -0.1) is 11.3 Å². The molecule has 1 fully saturated rings. The number of nitrogens with one attached hydrogen (secondary N) is 1. The van der Waals surface area contributed by atoms with Crippen LogP contribution in [0.2, 0.25) is 0 Å². The van der Waals surface area contributed by atoms with Crippen molar-refractivity contribution in [2.75, 3.05) is 18.4 Å². The Labute approximate surface area is 204 Å². The zero-order valence-electron chi connectivity index (χ0n) is 19.3. The van der Waals surface area contributed by atoms with Crippen LogP contribution < -0.4 is 5.32 Å². The van der Waals surface area contributed by atoms with E-state index in [1.54, 1.807) is 12.1 Å². The summed E-state index contributed by atoms with van der Waals surface area (Å²) in [5.41, 5.74) is 5.57. The van der Waals surface area contributed by atoms with Crippen LogP contribution in [0.1, 0.15) is 35.1 Å². The highest BCUT2D eigenvalue weighted by atomic mass is 32.2. The number of thiazole rings is 1. The minimum atomic E-state index is -3.78. The zero-order chi connectivity index (χ0) is 24.5. The van der Waals surface area contributed by atoms with Gasteiger partial charge in [-0.25, -0.2) is 13.4 Å². The Kier molecular flexibility index (Phi) is 6.84. The van der Waals surface area contributed by atoms with E-state index < -0.39 is 10.0 Å². The van der Waals surface area contributed by atoms with Crippen molar-refractivity contribution >= 4 is 32.4 Å². The van der Waals surface area contributed by atoms with E-state index in [4.69, 9.17) is 0 Å². The van der Waals surface area contributed by atoms with E-state index in [1.165, 1.54) is 38.9 Å². The number of hydrogen-bond acceptors (Lipinski definition) is 6. The third-order valence-electron chi connectivity index (χ3n) is 6.30. The van der Waals surface area contributed by atoms with E-state index >= 15 is 0 Å². The summed E-state index contributed by atoms with van der Waals surface area (Å²) in [6.45, 7) is 6.66. The highest BCUT2D eigenvalue weighted by molar-refractivity contribution is 7.89. The highest BCUT2D eigenvalue weighted by Crippen LogP contribution is 2.31. The van der Waals surface area contributed by atoms with Gasteiger partial charge in [0.2, 0.25) is 15.9 Å². The minimum Gasteiger partial charge on any atom is -0.302 e. The second kappa shape index (κ2) is 9.66. The van der Waals surface area contributed by atoms with E-state index in [1.807, 2.05) is 11.4 Å². The number of aryl methyl sites for hydroxylation is 3. The molecule has 7 nitrogen and oxygen atoms in total. The molecule has 0 atom stereocenters. The number of hydrogen-bond donors (Lipinski definition) is 1. The van der Waals surface area contributed by atoms with Gasteiger partial charge >= 0.3 is 0 Å². The third-order valence-corrected chi connectivity index (χ3v) is 9.02. The Morgan fingerprint density at radius 2 is 1.79 bits per heavy atom. The van der Waals surface area contributed by atoms with Gasteiger partial charge < -0.3 is 5.32 Å². The Balaban J connectivity index is 1.40. The largest absolute Gasteiger partial charge is 0.302 e. The summed E-state index contributed by atoms with van der Waals surface area (Å²) in [5, 5.41) is 14.6. The first kappa shape index (κ1) is 24.1. The fourth-order valence-corrected chi connectivity index (χ4v) is 6.51. The quantitative estimate of drug-likeness (QED) is 0.556. The lowest BCUT2D eigenvalue weighted by atomic mass is 9.97. The topological polar surface area (TPSA) is 103 Å². The summed E-state index contributed by atoms with van der Waals surface area (Å²) in [6, 6.07) is 12.4. The fourth-order valence-electron chi connectivity index (χ4n) is 4.18. The average Bonchev–Trinajstić information content (AvgIpc) is 3.29. The average molecular weight is 495 g/mol. The molecule has 0 bridgehead atoms. The molecule has 1 amide bonds. The third kappa shape index (κ3) is 4.75. The molecule has 1 N–H and O–H groups in total. The van der Waals surface area contributed by atoms with Crippen LogP contribution in [0.5, 0.6) is 0 Å². The molecule has 1 aliphatic heterocycles. The lowest BCUT2D eigenvalue weighted by Gasteiger charge is -2.30.